The summed E-state index contributed by atoms with van der Waals surface area (Å²) in [5.41, 5.74) is 8.46. The van der Waals surface area contributed by atoms with E-state index in [2.05, 4.69) is 62.4 Å². The molecule has 0 unspecified atom stereocenters. The number of benzene rings is 2. The van der Waals surface area contributed by atoms with Crippen LogP contribution < -0.4 is 0 Å². The zero-order chi connectivity index (χ0) is 12.5. The maximum Gasteiger partial charge on any atom is 0 e. The van der Waals surface area contributed by atoms with Gasteiger partial charge in [-0.3, -0.25) is 0 Å². The normalized spacial score (nSPS) is 12.6. The molecule has 0 heterocycles. The molecular weight excluding hydrogens is 307 g/mol. The van der Waals surface area contributed by atoms with E-state index in [0.717, 1.165) is 12.8 Å². The van der Waals surface area contributed by atoms with Crippen molar-refractivity contribution in [3.8, 4) is 11.1 Å². The summed E-state index contributed by atoms with van der Waals surface area (Å²) in [5, 5.41) is 0. The number of aryl methyl sites for hydroxylation is 1. The zero-order valence-electron chi connectivity index (χ0n) is 11.5. The van der Waals surface area contributed by atoms with Crippen LogP contribution in [0.3, 0.4) is 0 Å². The first-order valence-corrected chi connectivity index (χ1v) is 6.66. The summed E-state index contributed by atoms with van der Waals surface area (Å²) in [6.07, 6.45) is 4.66. The van der Waals surface area contributed by atoms with Crippen LogP contribution in [0, 0.1) is 6.92 Å². The first kappa shape index (κ1) is 14.5. The van der Waals surface area contributed by atoms with Crippen LogP contribution in [0.4, 0.5) is 0 Å². The Balaban J connectivity index is 0.00000133. The third-order valence-corrected chi connectivity index (χ3v) is 3.78. The van der Waals surface area contributed by atoms with Gasteiger partial charge in [-0.25, -0.2) is 0 Å². The Morgan fingerprint density at radius 2 is 1.74 bits per heavy atom. The van der Waals surface area contributed by atoms with Crippen LogP contribution in [0.15, 0.2) is 48.0 Å². The van der Waals surface area contributed by atoms with E-state index >= 15 is 0 Å². The van der Waals surface area contributed by atoms with Gasteiger partial charge in [0.05, 0.1) is 0 Å². The van der Waals surface area contributed by atoms with Crippen molar-refractivity contribution in [3.63, 3.8) is 0 Å². The molecule has 0 saturated carbocycles. The summed E-state index contributed by atoms with van der Waals surface area (Å²) in [6, 6.07) is 15.5. The molecule has 0 fully saturated rings. The molecule has 2 aromatic carbocycles. The second-order valence-corrected chi connectivity index (χ2v) is 5.08. The molecule has 0 atom stereocenters. The van der Waals surface area contributed by atoms with Gasteiger partial charge in [-0.2, -0.15) is 0 Å². The Bertz CT molecular complexity index is 606. The van der Waals surface area contributed by atoms with Crippen molar-refractivity contribution in [1.29, 1.82) is 0 Å². The number of rotatable bonds is 2. The molecule has 0 aliphatic heterocycles. The molecule has 94 valence electrons. The van der Waals surface area contributed by atoms with Gasteiger partial charge < -0.3 is 0 Å². The van der Waals surface area contributed by atoms with Crippen LogP contribution in [-0.2, 0) is 32.6 Å². The second kappa shape index (κ2) is 6.01. The molecule has 0 aromatic heterocycles. The first-order valence-electron chi connectivity index (χ1n) is 6.66. The van der Waals surface area contributed by atoms with Gasteiger partial charge in [-0.05, 0) is 42.0 Å². The maximum atomic E-state index is 2.38. The van der Waals surface area contributed by atoms with Crippen LogP contribution >= 0.6 is 0 Å². The fourth-order valence-electron chi connectivity index (χ4n) is 2.65. The van der Waals surface area contributed by atoms with Gasteiger partial charge >= 0.3 is 0 Å². The Morgan fingerprint density at radius 3 is 2.42 bits per heavy atom. The van der Waals surface area contributed by atoms with E-state index < -0.39 is 0 Å². The summed E-state index contributed by atoms with van der Waals surface area (Å²) >= 11 is 0. The molecule has 0 saturated heterocycles. The minimum atomic E-state index is 0. The third-order valence-electron chi connectivity index (χ3n) is 3.78. The average molecular weight is 326 g/mol. The smallest absolute Gasteiger partial charge is 0 e. The van der Waals surface area contributed by atoms with Crippen molar-refractivity contribution in [2.75, 3.05) is 0 Å². The van der Waals surface area contributed by atoms with E-state index in [1.54, 1.807) is 5.57 Å². The van der Waals surface area contributed by atoms with E-state index in [-0.39, 0.29) is 26.2 Å². The minimum absolute atomic E-state index is 0. The van der Waals surface area contributed by atoms with Crippen molar-refractivity contribution < 1.29 is 26.2 Å². The first-order chi connectivity index (χ1) is 8.78. The molecule has 0 amide bonds. The summed E-state index contributed by atoms with van der Waals surface area (Å²) in [7, 11) is 0. The van der Waals surface area contributed by atoms with Crippen molar-refractivity contribution in [2.45, 2.75) is 26.7 Å². The zero-order valence-corrected chi connectivity index (χ0v) is 14.0. The Kier molecular flexibility index (Phi) is 4.58. The fourth-order valence-corrected chi connectivity index (χ4v) is 2.65. The van der Waals surface area contributed by atoms with Crippen LogP contribution in [0.2, 0.25) is 0 Å². The maximum absolute atomic E-state index is 2.38. The van der Waals surface area contributed by atoms with Gasteiger partial charge in [0.25, 0.3) is 0 Å². The number of fused-ring (bicyclic) bond motifs is 1. The number of hydrogen-bond donors (Lipinski definition) is 0. The Labute approximate surface area is 134 Å². The van der Waals surface area contributed by atoms with Gasteiger partial charge in [0.1, 0.15) is 0 Å². The second-order valence-electron chi connectivity index (χ2n) is 5.08. The summed E-state index contributed by atoms with van der Waals surface area (Å²) < 4.78 is 0. The van der Waals surface area contributed by atoms with Crippen molar-refractivity contribution >= 4 is 6.08 Å². The molecule has 0 bridgehead atoms. The molecule has 1 aliphatic rings. The summed E-state index contributed by atoms with van der Waals surface area (Å²) in [5.74, 6) is 0. The van der Waals surface area contributed by atoms with E-state index in [0.29, 0.717) is 0 Å². The molecule has 1 aliphatic carbocycles. The molecule has 1 heteroatoms. The third kappa shape index (κ3) is 2.82. The molecule has 3 rings (SSSR count). The van der Waals surface area contributed by atoms with Crippen molar-refractivity contribution in [1.82, 2.24) is 0 Å². The minimum Gasteiger partial charge on any atom is -0.0655 e. The largest absolute Gasteiger partial charge is 0.0655 e. The van der Waals surface area contributed by atoms with E-state index in [1.807, 2.05) is 0 Å². The monoisotopic (exact) mass is 324 g/mol. The summed E-state index contributed by atoms with van der Waals surface area (Å²) in [6.45, 7) is 4.37. The van der Waals surface area contributed by atoms with Crippen LogP contribution in [0.5, 0.6) is 0 Å². The molecule has 0 radical (unpaired) electrons. The van der Waals surface area contributed by atoms with Gasteiger partial charge in [0, 0.05) is 26.2 Å². The molecule has 0 nitrogen and oxygen atoms in total. The van der Waals surface area contributed by atoms with Gasteiger partial charge in [-0.1, -0.05) is 66.6 Å². The van der Waals surface area contributed by atoms with Gasteiger partial charge in [0.15, 0.2) is 0 Å². The quantitative estimate of drug-likeness (QED) is 0.728. The topological polar surface area (TPSA) is 0 Å². The Morgan fingerprint density at radius 1 is 1.00 bits per heavy atom. The number of allylic oxidation sites excluding steroid dienone is 1. The predicted octanol–water partition coefficient (Wildman–Crippen LogP) is 5.01. The van der Waals surface area contributed by atoms with Crippen molar-refractivity contribution in [2.24, 2.45) is 0 Å². The summed E-state index contributed by atoms with van der Waals surface area (Å²) in [4.78, 5) is 0. The van der Waals surface area contributed by atoms with E-state index in [1.165, 1.54) is 27.8 Å². The average Bonchev–Trinajstić information content (AvgIpc) is 2.82. The fraction of sp³-hybridized carbons (Fsp3) is 0.222. The van der Waals surface area contributed by atoms with Crippen LogP contribution in [0.25, 0.3) is 17.2 Å². The van der Waals surface area contributed by atoms with Crippen LogP contribution in [-0.4, -0.2) is 0 Å². The van der Waals surface area contributed by atoms with Gasteiger partial charge in [0.2, 0.25) is 0 Å². The Hall–Kier alpha value is -0.937. The molecule has 19 heavy (non-hydrogen) atoms. The standard InChI is InChI=1S/C18H18.Zr/c1-3-14-11-16-5-4-6-17(18(16)12-14)15-9-7-13(2)8-10-15;/h4-10,12H,3,11H2,1-2H3;. The van der Waals surface area contributed by atoms with E-state index in [4.69, 9.17) is 0 Å². The number of hydrogen-bond acceptors (Lipinski definition) is 0. The molecule has 0 N–H and O–H groups in total. The van der Waals surface area contributed by atoms with E-state index in [9.17, 15) is 0 Å². The van der Waals surface area contributed by atoms with Crippen LogP contribution in [0.1, 0.15) is 30.0 Å². The van der Waals surface area contributed by atoms with Crippen molar-refractivity contribution in [3.05, 3.63) is 64.7 Å². The van der Waals surface area contributed by atoms with Gasteiger partial charge in [-0.15, -0.1) is 0 Å². The molecule has 0 spiro atoms. The molecular formula is C18H18Zr. The SMILES string of the molecule is CCC1=Cc2c(cccc2-c2ccc(C)cc2)C1.[Zr]. The molecule has 2 aromatic rings. The predicted molar refractivity (Wildman–Crippen MR) is 78.6 cm³/mol.